The molecule has 0 aromatic heterocycles. The predicted octanol–water partition coefficient (Wildman–Crippen LogP) is -2.24. The zero-order chi connectivity index (χ0) is 17.3. The minimum atomic E-state index is -1.81. The molecule has 0 spiro atoms. The van der Waals surface area contributed by atoms with Crippen LogP contribution in [0.2, 0.25) is 0 Å². The third-order valence-corrected chi connectivity index (χ3v) is 3.39. The van der Waals surface area contributed by atoms with Crippen molar-refractivity contribution >= 4 is 5.97 Å². The smallest absolute Gasteiger partial charge is 0.338 e. The second kappa shape index (κ2) is 6.56. The fraction of sp³-hybridized carbons (Fsp3) is 0.462. The van der Waals surface area contributed by atoms with E-state index in [4.69, 9.17) is 14.6 Å². The van der Waals surface area contributed by atoms with Gasteiger partial charge in [0.15, 0.2) is 29.6 Å². The molecule has 128 valence electrons. The number of ether oxygens (including phenoxy) is 2. The molecule has 1 fully saturated rings. The van der Waals surface area contributed by atoms with Gasteiger partial charge in [-0.05, 0) is 12.1 Å². The highest BCUT2D eigenvalue weighted by molar-refractivity contribution is 5.91. The fourth-order valence-electron chi connectivity index (χ4n) is 2.11. The summed E-state index contributed by atoms with van der Waals surface area (Å²) < 4.78 is 9.62. The van der Waals surface area contributed by atoms with E-state index in [0.29, 0.717) is 0 Å². The van der Waals surface area contributed by atoms with Crippen molar-refractivity contribution in [3.05, 3.63) is 17.7 Å². The van der Waals surface area contributed by atoms with E-state index >= 15 is 0 Å². The van der Waals surface area contributed by atoms with Crippen LogP contribution in [0.5, 0.6) is 17.2 Å². The van der Waals surface area contributed by atoms with Crippen LogP contribution < -0.4 is 0 Å². The number of aliphatic hydroxyl groups excluding tert-OH is 4. The average molecular weight is 332 g/mol. The van der Waals surface area contributed by atoms with Crippen molar-refractivity contribution in [3.8, 4) is 17.2 Å². The quantitative estimate of drug-likeness (QED) is 0.236. The molecule has 1 aliphatic heterocycles. The Morgan fingerprint density at radius 1 is 1.09 bits per heavy atom. The highest BCUT2D eigenvalue weighted by Crippen LogP contribution is 2.35. The summed E-state index contributed by atoms with van der Waals surface area (Å²) in [6.45, 7) is -0.671. The Labute approximate surface area is 129 Å². The maximum Gasteiger partial charge on any atom is 0.338 e. The number of esters is 1. The van der Waals surface area contributed by atoms with Crippen molar-refractivity contribution in [3.63, 3.8) is 0 Å². The summed E-state index contributed by atoms with van der Waals surface area (Å²) in [7, 11) is 0. The fourth-order valence-corrected chi connectivity index (χ4v) is 2.11. The van der Waals surface area contributed by atoms with Crippen LogP contribution >= 0.6 is 0 Å². The molecule has 10 heteroatoms. The van der Waals surface area contributed by atoms with Crippen LogP contribution in [0, 0.1) is 0 Å². The Morgan fingerprint density at radius 3 is 2.17 bits per heavy atom. The summed E-state index contributed by atoms with van der Waals surface area (Å²) in [6.07, 6.45) is -8.08. The largest absolute Gasteiger partial charge is 0.504 e. The maximum atomic E-state index is 11.9. The van der Waals surface area contributed by atoms with Crippen LogP contribution in [0.1, 0.15) is 10.4 Å². The maximum absolute atomic E-state index is 11.9. The summed E-state index contributed by atoms with van der Waals surface area (Å²) in [6, 6.07) is 1.60. The van der Waals surface area contributed by atoms with Gasteiger partial charge in [0.25, 0.3) is 0 Å². The van der Waals surface area contributed by atoms with E-state index < -0.39 is 60.5 Å². The average Bonchev–Trinajstić information content (AvgIpc) is 2.51. The van der Waals surface area contributed by atoms with E-state index in [9.17, 15) is 35.4 Å². The van der Waals surface area contributed by atoms with Gasteiger partial charge >= 0.3 is 5.97 Å². The zero-order valence-corrected chi connectivity index (χ0v) is 11.6. The van der Waals surface area contributed by atoms with Crippen LogP contribution in [-0.4, -0.2) is 79.0 Å². The van der Waals surface area contributed by atoms with Crippen molar-refractivity contribution in [1.82, 2.24) is 0 Å². The molecule has 1 aliphatic rings. The number of phenolic OH excluding ortho intramolecular Hbond substituents is 3. The van der Waals surface area contributed by atoms with Gasteiger partial charge in [-0.2, -0.15) is 0 Å². The molecule has 7 N–H and O–H groups in total. The van der Waals surface area contributed by atoms with Gasteiger partial charge in [0, 0.05) is 0 Å². The number of benzene rings is 1. The lowest BCUT2D eigenvalue weighted by Crippen LogP contribution is -2.59. The molecule has 1 aromatic carbocycles. The van der Waals surface area contributed by atoms with E-state index in [1.807, 2.05) is 0 Å². The van der Waals surface area contributed by atoms with Gasteiger partial charge in [-0.3, -0.25) is 0 Å². The minimum Gasteiger partial charge on any atom is -0.504 e. The van der Waals surface area contributed by atoms with Crippen molar-refractivity contribution in [2.45, 2.75) is 30.7 Å². The molecule has 1 heterocycles. The molecule has 1 unspecified atom stereocenters. The number of aliphatic hydroxyl groups is 4. The first-order valence-corrected chi connectivity index (χ1v) is 6.52. The van der Waals surface area contributed by atoms with Gasteiger partial charge in [-0.25, -0.2) is 4.79 Å². The first-order valence-electron chi connectivity index (χ1n) is 6.52. The van der Waals surface area contributed by atoms with E-state index in [0.717, 1.165) is 12.1 Å². The van der Waals surface area contributed by atoms with Crippen LogP contribution in [-0.2, 0) is 9.47 Å². The molecule has 0 bridgehead atoms. The molecule has 0 amide bonds. The first kappa shape index (κ1) is 17.2. The summed E-state index contributed by atoms with van der Waals surface area (Å²) in [5, 5.41) is 66.0. The van der Waals surface area contributed by atoms with Crippen molar-refractivity contribution in [2.24, 2.45) is 0 Å². The number of carbonyl (C=O) groups excluding carboxylic acids is 1. The van der Waals surface area contributed by atoms with Crippen LogP contribution in [0.15, 0.2) is 12.1 Å². The SMILES string of the molecule is O=C(O[C@H]1C(O)O[C@H](CO)[C@H](O)[C@@H]1O)c1cc(O)c(O)c(O)c1. The molecular weight excluding hydrogens is 316 g/mol. The molecule has 1 aromatic rings. The van der Waals surface area contributed by atoms with Gasteiger partial charge in [0.1, 0.15) is 18.3 Å². The third-order valence-electron chi connectivity index (χ3n) is 3.39. The van der Waals surface area contributed by atoms with Crippen molar-refractivity contribution < 1.29 is 50.0 Å². The Bertz CT molecular complexity index is 565. The summed E-state index contributed by atoms with van der Waals surface area (Å²) in [4.78, 5) is 11.9. The molecule has 0 saturated carbocycles. The second-order valence-electron chi connectivity index (χ2n) is 4.96. The van der Waals surface area contributed by atoms with Gasteiger partial charge in [-0.1, -0.05) is 0 Å². The number of rotatable bonds is 3. The molecule has 23 heavy (non-hydrogen) atoms. The van der Waals surface area contributed by atoms with E-state index in [1.165, 1.54) is 0 Å². The molecule has 10 nitrogen and oxygen atoms in total. The second-order valence-corrected chi connectivity index (χ2v) is 4.96. The predicted molar refractivity (Wildman–Crippen MR) is 70.6 cm³/mol. The number of aromatic hydroxyl groups is 3. The van der Waals surface area contributed by atoms with Crippen LogP contribution in [0.25, 0.3) is 0 Å². The molecule has 0 aliphatic carbocycles. The molecule has 0 radical (unpaired) electrons. The topological polar surface area (TPSA) is 177 Å². The summed E-state index contributed by atoms with van der Waals surface area (Å²) in [5.41, 5.74) is -0.379. The first-order chi connectivity index (χ1) is 10.8. The van der Waals surface area contributed by atoms with Gasteiger partial charge in [0.2, 0.25) is 0 Å². The van der Waals surface area contributed by atoms with Crippen molar-refractivity contribution in [1.29, 1.82) is 0 Å². The third kappa shape index (κ3) is 3.30. The van der Waals surface area contributed by atoms with Gasteiger partial charge in [-0.15, -0.1) is 0 Å². The highest BCUT2D eigenvalue weighted by Gasteiger charge is 2.46. The van der Waals surface area contributed by atoms with E-state index in [2.05, 4.69) is 0 Å². The summed E-state index contributed by atoms with van der Waals surface area (Å²) in [5.74, 6) is -3.56. The van der Waals surface area contributed by atoms with E-state index in [1.54, 1.807) is 0 Å². The number of phenols is 3. The Morgan fingerprint density at radius 2 is 1.65 bits per heavy atom. The molecule has 2 rings (SSSR count). The Kier molecular flexibility index (Phi) is 4.92. The molecular formula is C13H16O10. The zero-order valence-electron chi connectivity index (χ0n) is 11.6. The lowest BCUT2D eigenvalue weighted by molar-refractivity contribution is -0.285. The number of hydrogen-bond acceptors (Lipinski definition) is 10. The van der Waals surface area contributed by atoms with Gasteiger partial charge in [0.05, 0.1) is 12.2 Å². The molecule has 5 atom stereocenters. The Balaban J connectivity index is 2.16. The standard InChI is InChI=1S/C13H16O10/c14-3-7-9(18)10(19)11(13(21)22-7)23-12(20)4-1-5(15)8(17)6(16)2-4/h1-2,7,9-11,13-19,21H,3H2/t7-,9+,10+,11-,13?/m1/s1. The van der Waals surface area contributed by atoms with Crippen molar-refractivity contribution in [2.75, 3.05) is 6.61 Å². The summed E-state index contributed by atoms with van der Waals surface area (Å²) >= 11 is 0. The van der Waals surface area contributed by atoms with E-state index in [-0.39, 0.29) is 5.56 Å². The van der Waals surface area contributed by atoms with Crippen LogP contribution in [0.3, 0.4) is 0 Å². The van der Waals surface area contributed by atoms with Gasteiger partial charge < -0.3 is 45.2 Å². The number of hydrogen-bond donors (Lipinski definition) is 7. The normalized spacial score (nSPS) is 30.9. The lowest BCUT2D eigenvalue weighted by atomic mass is 9.99. The molecule has 1 saturated heterocycles. The Hall–Kier alpha value is -2.11. The van der Waals surface area contributed by atoms with Crippen LogP contribution in [0.4, 0.5) is 0 Å². The lowest BCUT2D eigenvalue weighted by Gasteiger charge is -2.39. The number of carbonyl (C=O) groups is 1. The highest BCUT2D eigenvalue weighted by atomic mass is 16.7. The minimum absolute atomic E-state index is 0.379. The monoisotopic (exact) mass is 332 g/mol.